The van der Waals surface area contributed by atoms with Crippen LogP contribution < -0.4 is 4.74 Å². The number of ether oxygens (including phenoxy) is 3. The molecule has 8 nitrogen and oxygen atoms in total. The van der Waals surface area contributed by atoms with Crippen LogP contribution in [0.25, 0.3) is 0 Å². The molecule has 0 spiro atoms. The van der Waals surface area contributed by atoms with E-state index >= 15 is 0 Å². The molecule has 1 fully saturated rings. The lowest BCUT2D eigenvalue weighted by atomic mass is 9.61. The Morgan fingerprint density at radius 1 is 1.03 bits per heavy atom. The summed E-state index contributed by atoms with van der Waals surface area (Å²) in [5, 5.41) is 21.2. The van der Waals surface area contributed by atoms with Crippen LogP contribution in [0.1, 0.15) is 66.4 Å². The highest BCUT2D eigenvalue weighted by atomic mass is 16.6. The zero-order valence-corrected chi connectivity index (χ0v) is 20.0. The van der Waals surface area contributed by atoms with E-state index in [1.807, 2.05) is 0 Å². The first-order chi connectivity index (χ1) is 14.5. The number of carbonyl (C=O) groups is 3. The van der Waals surface area contributed by atoms with Gasteiger partial charge in [0, 0.05) is 12.3 Å². The molecule has 0 bridgehead atoms. The third kappa shape index (κ3) is 5.79. The van der Waals surface area contributed by atoms with Crippen molar-refractivity contribution in [3.8, 4) is 11.5 Å². The van der Waals surface area contributed by atoms with Gasteiger partial charge < -0.3 is 24.4 Å². The fourth-order valence-electron chi connectivity index (χ4n) is 4.05. The predicted molar refractivity (Wildman–Crippen MR) is 116 cm³/mol. The Hall–Kier alpha value is -2.61. The third-order valence-corrected chi connectivity index (χ3v) is 5.18. The van der Waals surface area contributed by atoms with Crippen LogP contribution >= 0.6 is 0 Å². The molecule has 1 aliphatic rings. The number of esters is 2. The lowest BCUT2D eigenvalue weighted by Crippen LogP contribution is -2.56. The van der Waals surface area contributed by atoms with Crippen molar-refractivity contribution in [3.05, 3.63) is 23.8 Å². The summed E-state index contributed by atoms with van der Waals surface area (Å²) in [5.74, 6) is -5.79. The Morgan fingerprint density at radius 2 is 1.56 bits per heavy atom. The molecule has 8 heteroatoms. The van der Waals surface area contributed by atoms with E-state index in [9.17, 15) is 24.6 Å². The standard InChI is InChI=1S/C24H34O8/c1-22(2,3)31-20(27)18-15(26)12-24(7,29)19(21(28)32-23(4,5)6)17(18)13-9-10-14(25)16(11-13)30-8/h9-11,17-19,25,29H,12H2,1-8H3/t17-,18-,19+,24+/m1/s1. The maximum absolute atomic E-state index is 13.3. The zero-order valence-electron chi connectivity index (χ0n) is 20.0. The summed E-state index contributed by atoms with van der Waals surface area (Å²) in [4.78, 5) is 39.5. The molecular formula is C24H34O8. The average molecular weight is 451 g/mol. The molecule has 4 atom stereocenters. The van der Waals surface area contributed by atoms with Gasteiger partial charge in [-0.2, -0.15) is 0 Å². The van der Waals surface area contributed by atoms with Crippen molar-refractivity contribution in [3.63, 3.8) is 0 Å². The number of methoxy groups -OCH3 is 1. The highest BCUT2D eigenvalue weighted by Gasteiger charge is 2.58. The van der Waals surface area contributed by atoms with Crippen LogP contribution in [0.2, 0.25) is 0 Å². The van der Waals surface area contributed by atoms with Gasteiger partial charge in [-0.05, 0) is 66.2 Å². The molecule has 2 N–H and O–H groups in total. The molecule has 0 heterocycles. The molecule has 1 saturated carbocycles. The summed E-state index contributed by atoms with van der Waals surface area (Å²) in [6, 6.07) is 4.29. The van der Waals surface area contributed by atoms with Crippen LogP contribution in [0.15, 0.2) is 18.2 Å². The van der Waals surface area contributed by atoms with Crippen LogP contribution in [0.3, 0.4) is 0 Å². The molecular weight excluding hydrogens is 416 g/mol. The zero-order chi connectivity index (χ0) is 24.6. The molecule has 1 aliphatic carbocycles. The fourth-order valence-corrected chi connectivity index (χ4v) is 4.05. The first kappa shape index (κ1) is 25.6. The van der Waals surface area contributed by atoms with Gasteiger partial charge in [-0.1, -0.05) is 6.07 Å². The number of hydrogen-bond donors (Lipinski definition) is 2. The van der Waals surface area contributed by atoms with Crippen LogP contribution in [-0.2, 0) is 23.9 Å². The topological polar surface area (TPSA) is 119 Å². The van der Waals surface area contributed by atoms with Crippen molar-refractivity contribution in [1.82, 2.24) is 0 Å². The van der Waals surface area contributed by atoms with Crippen molar-refractivity contribution in [2.75, 3.05) is 7.11 Å². The normalized spacial score (nSPS) is 26.4. The maximum atomic E-state index is 13.3. The van der Waals surface area contributed by atoms with Crippen molar-refractivity contribution in [2.45, 2.75) is 77.6 Å². The average Bonchev–Trinajstić information content (AvgIpc) is 2.57. The fraction of sp³-hybridized carbons (Fsp3) is 0.625. The van der Waals surface area contributed by atoms with E-state index in [0.29, 0.717) is 5.56 Å². The molecule has 0 aromatic heterocycles. The quantitative estimate of drug-likeness (QED) is 0.530. The van der Waals surface area contributed by atoms with E-state index < -0.39 is 58.7 Å². The molecule has 178 valence electrons. The number of rotatable bonds is 4. The first-order valence-corrected chi connectivity index (χ1v) is 10.5. The Kier molecular flexibility index (Phi) is 7.00. The van der Waals surface area contributed by atoms with Crippen molar-refractivity contribution < 1.29 is 38.8 Å². The van der Waals surface area contributed by atoms with Crippen molar-refractivity contribution in [2.24, 2.45) is 11.8 Å². The summed E-state index contributed by atoms with van der Waals surface area (Å²) < 4.78 is 16.2. The van der Waals surface area contributed by atoms with Crippen LogP contribution in [0.5, 0.6) is 11.5 Å². The van der Waals surface area contributed by atoms with Gasteiger partial charge in [-0.3, -0.25) is 14.4 Å². The Morgan fingerprint density at radius 3 is 2.06 bits per heavy atom. The number of aromatic hydroxyl groups is 1. The van der Waals surface area contributed by atoms with E-state index in [1.54, 1.807) is 41.5 Å². The highest BCUT2D eigenvalue weighted by molar-refractivity contribution is 6.03. The van der Waals surface area contributed by atoms with Gasteiger partial charge in [0.2, 0.25) is 0 Å². The van der Waals surface area contributed by atoms with Crippen molar-refractivity contribution in [1.29, 1.82) is 0 Å². The Balaban J connectivity index is 2.70. The summed E-state index contributed by atoms with van der Waals surface area (Å²) in [5.41, 5.74) is -3.13. The first-order valence-electron chi connectivity index (χ1n) is 10.5. The van der Waals surface area contributed by atoms with E-state index in [2.05, 4.69) is 0 Å². The molecule has 1 aromatic carbocycles. The number of Topliss-reactive ketones (excluding diaryl/α,β-unsaturated/α-hetero) is 1. The minimum atomic E-state index is -1.77. The lowest BCUT2D eigenvalue weighted by molar-refractivity contribution is -0.182. The SMILES string of the molecule is COc1cc([C@@H]2[C@H](C(=O)OC(C)(C)C)C(=O)C[C@](C)(O)[C@@H]2C(=O)OC(C)(C)C)ccc1O. The number of benzene rings is 1. The van der Waals surface area contributed by atoms with Gasteiger partial charge >= 0.3 is 11.9 Å². The maximum Gasteiger partial charge on any atom is 0.317 e. The molecule has 32 heavy (non-hydrogen) atoms. The minimum Gasteiger partial charge on any atom is -0.504 e. The second-order valence-corrected chi connectivity index (χ2v) is 10.5. The van der Waals surface area contributed by atoms with E-state index in [1.165, 1.54) is 32.2 Å². The predicted octanol–water partition coefficient (Wildman–Crippen LogP) is 3.12. The number of phenolic OH excluding ortho intramolecular Hbond substituents is 1. The van der Waals surface area contributed by atoms with Crippen LogP contribution in [-0.4, -0.2) is 51.8 Å². The van der Waals surface area contributed by atoms with Gasteiger partial charge in [-0.15, -0.1) is 0 Å². The number of carbonyl (C=O) groups excluding carboxylic acids is 3. The number of hydrogen-bond acceptors (Lipinski definition) is 8. The lowest BCUT2D eigenvalue weighted by Gasteiger charge is -2.44. The van der Waals surface area contributed by atoms with Crippen molar-refractivity contribution >= 4 is 17.7 Å². The highest BCUT2D eigenvalue weighted by Crippen LogP contribution is 2.48. The second-order valence-electron chi connectivity index (χ2n) is 10.5. The van der Waals surface area contributed by atoms with Gasteiger partial charge in [0.05, 0.1) is 18.6 Å². The Bertz CT molecular complexity index is 888. The molecule has 0 saturated heterocycles. The monoisotopic (exact) mass is 450 g/mol. The van der Waals surface area contributed by atoms with E-state index in [4.69, 9.17) is 14.2 Å². The van der Waals surface area contributed by atoms with Crippen LogP contribution in [0, 0.1) is 11.8 Å². The minimum absolute atomic E-state index is 0.103. The van der Waals surface area contributed by atoms with Crippen LogP contribution in [0.4, 0.5) is 0 Å². The molecule has 0 radical (unpaired) electrons. The number of ketones is 1. The largest absolute Gasteiger partial charge is 0.504 e. The molecule has 1 aromatic rings. The second kappa shape index (κ2) is 8.73. The molecule has 0 amide bonds. The van der Waals surface area contributed by atoms with Gasteiger partial charge in [0.1, 0.15) is 17.1 Å². The van der Waals surface area contributed by atoms with Gasteiger partial charge in [-0.25, -0.2) is 0 Å². The van der Waals surface area contributed by atoms with Gasteiger partial charge in [0.15, 0.2) is 17.3 Å². The smallest absolute Gasteiger partial charge is 0.317 e. The molecule has 2 rings (SSSR count). The number of aliphatic hydroxyl groups is 1. The molecule has 0 unspecified atom stereocenters. The summed E-state index contributed by atoms with van der Waals surface area (Å²) in [7, 11) is 1.36. The summed E-state index contributed by atoms with van der Waals surface area (Å²) in [6.07, 6.45) is -0.410. The summed E-state index contributed by atoms with van der Waals surface area (Å²) in [6.45, 7) is 11.5. The van der Waals surface area contributed by atoms with E-state index in [0.717, 1.165) is 0 Å². The van der Waals surface area contributed by atoms with E-state index in [-0.39, 0.29) is 11.5 Å². The Labute approximate surface area is 188 Å². The van der Waals surface area contributed by atoms with Gasteiger partial charge in [0.25, 0.3) is 0 Å². The molecule has 0 aliphatic heterocycles. The summed E-state index contributed by atoms with van der Waals surface area (Å²) >= 11 is 0. The number of phenols is 1. The third-order valence-electron chi connectivity index (χ3n) is 5.18.